The Kier molecular flexibility index (Phi) is 2.04. The highest BCUT2D eigenvalue weighted by molar-refractivity contribution is 7.91. The molecule has 0 aromatic heterocycles. The first-order valence-corrected chi connectivity index (χ1v) is 7.31. The summed E-state index contributed by atoms with van der Waals surface area (Å²) in [7, 11) is -3.19. The van der Waals surface area contributed by atoms with E-state index in [0.717, 1.165) is 12.8 Å². The molecule has 16 heavy (non-hydrogen) atoms. The normalized spacial score (nSPS) is 24.3. The Bertz CT molecular complexity index is 549. The van der Waals surface area contributed by atoms with Gasteiger partial charge in [0.2, 0.25) is 0 Å². The van der Waals surface area contributed by atoms with E-state index >= 15 is 0 Å². The molecule has 1 heterocycles. The first-order chi connectivity index (χ1) is 7.53. The first kappa shape index (κ1) is 10.4. The lowest BCUT2D eigenvalue weighted by Crippen LogP contribution is -2.20. The zero-order valence-electron chi connectivity index (χ0n) is 8.66. The molecule has 86 valence electrons. The van der Waals surface area contributed by atoms with Crippen LogP contribution >= 0.6 is 11.6 Å². The van der Waals surface area contributed by atoms with Crippen molar-refractivity contribution in [3.05, 3.63) is 23.2 Å². The van der Waals surface area contributed by atoms with Gasteiger partial charge in [-0.2, -0.15) is 0 Å². The van der Waals surface area contributed by atoms with Crippen LogP contribution in [0, 0.1) is 5.41 Å². The molecular formula is C11H12ClNO2S. The van der Waals surface area contributed by atoms with Gasteiger partial charge in [0.25, 0.3) is 0 Å². The minimum absolute atomic E-state index is 0.0405. The molecule has 1 aliphatic heterocycles. The third-order valence-electron chi connectivity index (χ3n) is 3.40. The van der Waals surface area contributed by atoms with Gasteiger partial charge in [0.05, 0.1) is 21.4 Å². The summed E-state index contributed by atoms with van der Waals surface area (Å²) < 4.78 is 24.4. The van der Waals surface area contributed by atoms with Crippen molar-refractivity contribution in [2.45, 2.75) is 17.7 Å². The van der Waals surface area contributed by atoms with E-state index in [1.54, 1.807) is 18.2 Å². The second-order valence-electron chi connectivity index (χ2n) is 4.73. The van der Waals surface area contributed by atoms with Gasteiger partial charge in [-0.3, -0.25) is 0 Å². The Morgan fingerprint density at radius 3 is 2.75 bits per heavy atom. The lowest BCUT2D eigenvalue weighted by atomic mass is 10.1. The van der Waals surface area contributed by atoms with E-state index in [1.165, 1.54) is 0 Å². The number of anilines is 1. The predicted molar refractivity (Wildman–Crippen MR) is 63.7 cm³/mol. The summed E-state index contributed by atoms with van der Waals surface area (Å²) in [5, 5.41) is 3.68. The van der Waals surface area contributed by atoms with Crippen molar-refractivity contribution in [1.82, 2.24) is 0 Å². The number of hydrogen-bond acceptors (Lipinski definition) is 3. The quantitative estimate of drug-likeness (QED) is 0.776. The molecule has 1 aromatic rings. The maximum absolute atomic E-state index is 12.2. The van der Waals surface area contributed by atoms with Gasteiger partial charge < -0.3 is 5.32 Å². The third-order valence-corrected chi connectivity index (χ3v) is 5.72. The van der Waals surface area contributed by atoms with Crippen LogP contribution in [0.1, 0.15) is 12.8 Å². The van der Waals surface area contributed by atoms with Crippen LogP contribution in [-0.2, 0) is 9.84 Å². The Labute approximate surface area is 99.7 Å². The zero-order chi connectivity index (χ0) is 11.4. The molecule has 3 rings (SSSR count). The molecule has 3 nitrogen and oxygen atoms in total. The van der Waals surface area contributed by atoms with Gasteiger partial charge in [-0.05, 0) is 25.0 Å². The van der Waals surface area contributed by atoms with Crippen molar-refractivity contribution in [3.63, 3.8) is 0 Å². The van der Waals surface area contributed by atoms with E-state index in [-0.39, 0.29) is 11.2 Å². The average Bonchev–Trinajstić information content (AvgIpc) is 2.96. The summed E-state index contributed by atoms with van der Waals surface area (Å²) in [6.45, 7) is 0.711. The van der Waals surface area contributed by atoms with Gasteiger partial charge in [-0.1, -0.05) is 17.7 Å². The fourth-order valence-corrected chi connectivity index (χ4v) is 4.67. The van der Waals surface area contributed by atoms with Gasteiger partial charge >= 0.3 is 0 Å². The number of sulfone groups is 1. The Balaban J connectivity index is 2.18. The minimum Gasteiger partial charge on any atom is -0.382 e. The largest absolute Gasteiger partial charge is 0.382 e. The van der Waals surface area contributed by atoms with Crippen LogP contribution in [0.5, 0.6) is 0 Å². The highest BCUT2D eigenvalue weighted by Crippen LogP contribution is 2.50. The SMILES string of the molecule is O=S1(=O)CC2(CC2)CNc2c(Cl)cccc21. The van der Waals surface area contributed by atoms with Crippen LogP contribution in [0.4, 0.5) is 5.69 Å². The Hall–Kier alpha value is -0.740. The molecule has 0 unspecified atom stereocenters. The minimum atomic E-state index is -3.19. The second kappa shape index (κ2) is 3.14. The monoisotopic (exact) mass is 257 g/mol. The number of halogens is 1. The van der Waals surface area contributed by atoms with Crippen molar-refractivity contribution in [3.8, 4) is 0 Å². The van der Waals surface area contributed by atoms with Gasteiger partial charge in [0.1, 0.15) is 0 Å². The van der Waals surface area contributed by atoms with E-state index in [4.69, 9.17) is 11.6 Å². The molecule has 1 N–H and O–H groups in total. The molecule has 1 aliphatic carbocycles. The van der Waals surface area contributed by atoms with Crippen LogP contribution < -0.4 is 5.32 Å². The molecule has 1 saturated carbocycles. The number of rotatable bonds is 0. The van der Waals surface area contributed by atoms with Crippen molar-refractivity contribution in [1.29, 1.82) is 0 Å². The molecular weight excluding hydrogens is 246 g/mol. The van der Waals surface area contributed by atoms with Gasteiger partial charge in [0.15, 0.2) is 9.84 Å². The molecule has 0 radical (unpaired) electrons. The molecule has 0 bridgehead atoms. The lowest BCUT2D eigenvalue weighted by Gasteiger charge is -2.10. The van der Waals surface area contributed by atoms with Crippen LogP contribution in [0.15, 0.2) is 23.1 Å². The van der Waals surface area contributed by atoms with Crippen LogP contribution in [0.25, 0.3) is 0 Å². The number of fused-ring (bicyclic) bond motifs is 1. The standard InChI is InChI=1S/C11H12ClNO2S/c12-8-2-1-3-9-10(8)13-6-11(4-5-11)7-16(9,14)15/h1-3,13H,4-7H2. The van der Waals surface area contributed by atoms with Gasteiger partial charge in [-0.25, -0.2) is 8.42 Å². The zero-order valence-corrected chi connectivity index (χ0v) is 10.2. The molecule has 0 amide bonds. The number of hydrogen-bond donors (Lipinski definition) is 1. The smallest absolute Gasteiger partial charge is 0.181 e. The van der Waals surface area contributed by atoms with Crippen molar-refractivity contribution >= 4 is 27.1 Å². The summed E-state index contributed by atoms with van der Waals surface area (Å²) in [4.78, 5) is 0.351. The molecule has 0 atom stereocenters. The average molecular weight is 258 g/mol. The lowest BCUT2D eigenvalue weighted by molar-refractivity contribution is 0.562. The third kappa shape index (κ3) is 1.52. The number of nitrogens with one attached hydrogen (secondary N) is 1. The summed E-state index contributed by atoms with van der Waals surface area (Å²) in [5.74, 6) is 0.250. The number of benzene rings is 1. The molecule has 1 spiro atoms. The topological polar surface area (TPSA) is 46.2 Å². The summed E-state index contributed by atoms with van der Waals surface area (Å²) in [6, 6.07) is 5.03. The van der Waals surface area contributed by atoms with E-state index in [2.05, 4.69) is 5.32 Å². The Morgan fingerprint density at radius 1 is 1.31 bits per heavy atom. The fourth-order valence-electron chi connectivity index (χ4n) is 2.24. The molecule has 1 aromatic carbocycles. The van der Waals surface area contributed by atoms with Gasteiger partial charge in [-0.15, -0.1) is 0 Å². The summed E-state index contributed by atoms with van der Waals surface area (Å²) >= 11 is 6.03. The van der Waals surface area contributed by atoms with E-state index in [9.17, 15) is 8.42 Å². The summed E-state index contributed by atoms with van der Waals surface area (Å²) in [6.07, 6.45) is 1.98. The van der Waals surface area contributed by atoms with Gasteiger partial charge in [0, 0.05) is 12.0 Å². The van der Waals surface area contributed by atoms with Crippen molar-refractivity contribution < 1.29 is 8.42 Å². The highest BCUT2D eigenvalue weighted by atomic mass is 35.5. The van der Waals surface area contributed by atoms with Crippen LogP contribution in [0.3, 0.4) is 0 Å². The highest BCUT2D eigenvalue weighted by Gasteiger charge is 2.48. The Morgan fingerprint density at radius 2 is 2.06 bits per heavy atom. The van der Waals surface area contributed by atoms with Crippen molar-refractivity contribution in [2.24, 2.45) is 5.41 Å². The van der Waals surface area contributed by atoms with Crippen LogP contribution in [0.2, 0.25) is 5.02 Å². The van der Waals surface area contributed by atoms with E-state index < -0.39 is 9.84 Å². The molecule has 1 fully saturated rings. The van der Waals surface area contributed by atoms with Crippen LogP contribution in [-0.4, -0.2) is 20.7 Å². The molecule has 0 saturated heterocycles. The maximum atomic E-state index is 12.2. The molecule has 5 heteroatoms. The predicted octanol–water partition coefficient (Wildman–Crippen LogP) is 2.32. The fraction of sp³-hybridized carbons (Fsp3) is 0.455. The van der Waals surface area contributed by atoms with E-state index in [0.29, 0.717) is 22.2 Å². The second-order valence-corrected chi connectivity index (χ2v) is 7.09. The number of para-hydroxylation sites is 1. The first-order valence-electron chi connectivity index (χ1n) is 5.28. The van der Waals surface area contributed by atoms with E-state index in [1.807, 2.05) is 0 Å². The van der Waals surface area contributed by atoms with Crippen molar-refractivity contribution in [2.75, 3.05) is 17.6 Å². The summed E-state index contributed by atoms with van der Waals surface area (Å²) in [5.41, 5.74) is 0.536. The maximum Gasteiger partial charge on any atom is 0.181 e. The molecule has 2 aliphatic rings.